The molecule has 1 aromatic rings. The molecular formula is C15H28N4. The Morgan fingerprint density at radius 3 is 2.79 bits per heavy atom. The lowest BCUT2D eigenvalue weighted by atomic mass is 9.93. The fourth-order valence-corrected chi connectivity index (χ4v) is 2.77. The maximum atomic E-state index is 4.46. The number of rotatable bonds is 9. The third-order valence-electron chi connectivity index (χ3n) is 4.19. The summed E-state index contributed by atoms with van der Waals surface area (Å²) in [5, 5.41) is 8.05. The third-order valence-corrected chi connectivity index (χ3v) is 4.19. The van der Waals surface area contributed by atoms with Crippen LogP contribution >= 0.6 is 0 Å². The van der Waals surface area contributed by atoms with Crippen molar-refractivity contribution in [1.29, 1.82) is 0 Å². The van der Waals surface area contributed by atoms with Gasteiger partial charge in [0.2, 0.25) is 0 Å². The van der Waals surface area contributed by atoms with Crippen LogP contribution in [0.15, 0.2) is 6.33 Å². The topological polar surface area (TPSA) is 42.7 Å². The van der Waals surface area contributed by atoms with Gasteiger partial charge in [0.15, 0.2) is 0 Å². The lowest BCUT2D eigenvalue weighted by Gasteiger charge is -2.25. The van der Waals surface area contributed by atoms with Gasteiger partial charge in [0.25, 0.3) is 0 Å². The molecule has 1 saturated carbocycles. The molecule has 2 unspecified atom stereocenters. The van der Waals surface area contributed by atoms with Crippen LogP contribution in [0, 0.1) is 11.8 Å². The molecule has 1 aliphatic rings. The quantitative estimate of drug-likeness (QED) is 0.745. The average Bonchev–Trinajstić information content (AvgIpc) is 3.17. The molecular weight excluding hydrogens is 236 g/mol. The molecule has 19 heavy (non-hydrogen) atoms. The molecule has 0 aromatic carbocycles. The van der Waals surface area contributed by atoms with Crippen molar-refractivity contribution in [2.24, 2.45) is 11.8 Å². The molecule has 1 aromatic heterocycles. The Morgan fingerprint density at radius 2 is 2.16 bits per heavy atom. The van der Waals surface area contributed by atoms with Crippen molar-refractivity contribution < 1.29 is 0 Å². The Labute approximate surface area is 117 Å². The predicted molar refractivity (Wildman–Crippen MR) is 78.0 cm³/mol. The highest BCUT2D eigenvalue weighted by molar-refractivity contribution is 4.95. The van der Waals surface area contributed by atoms with E-state index in [1.165, 1.54) is 19.3 Å². The SMILES string of the molecule is CCCNC(Cc1ncnn1CCC)C(C)C1CC1. The summed E-state index contributed by atoms with van der Waals surface area (Å²) in [5.74, 6) is 2.82. The first kappa shape index (κ1) is 14.5. The minimum Gasteiger partial charge on any atom is -0.313 e. The van der Waals surface area contributed by atoms with E-state index in [2.05, 4.69) is 40.9 Å². The largest absolute Gasteiger partial charge is 0.313 e. The van der Waals surface area contributed by atoms with Crippen LogP contribution in [0.3, 0.4) is 0 Å². The number of nitrogens with one attached hydrogen (secondary N) is 1. The second-order valence-corrected chi connectivity index (χ2v) is 5.86. The van der Waals surface area contributed by atoms with E-state index in [1.807, 2.05) is 0 Å². The van der Waals surface area contributed by atoms with E-state index in [-0.39, 0.29) is 0 Å². The molecule has 0 spiro atoms. The number of nitrogens with zero attached hydrogens (tertiary/aromatic N) is 3. The van der Waals surface area contributed by atoms with Crippen molar-refractivity contribution in [2.45, 2.75) is 65.5 Å². The Kier molecular flexibility index (Phi) is 5.37. The molecule has 2 atom stereocenters. The van der Waals surface area contributed by atoms with Crippen LogP contribution in [0.25, 0.3) is 0 Å². The van der Waals surface area contributed by atoms with Crippen molar-refractivity contribution in [3.05, 3.63) is 12.2 Å². The molecule has 0 saturated heterocycles. The molecule has 0 bridgehead atoms. The molecule has 1 fully saturated rings. The first-order chi connectivity index (χ1) is 9.26. The van der Waals surface area contributed by atoms with E-state index >= 15 is 0 Å². The molecule has 108 valence electrons. The van der Waals surface area contributed by atoms with Crippen LogP contribution in [-0.4, -0.2) is 27.4 Å². The van der Waals surface area contributed by atoms with Crippen molar-refractivity contribution >= 4 is 0 Å². The Balaban J connectivity index is 1.98. The highest BCUT2D eigenvalue weighted by Crippen LogP contribution is 2.38. The van der Waals surface area contributed by atoms with Gasteiger partial charge in [0.1, 0.15) is 12.2 Å². The third kappa shape index (κ3) is 4.03. The van der Waals surface area contributed by atoms with Crippen LogP contribution in [0.1, 0.15) is 52.3 Å². The van der Waals surface area contributed by atoms with Gasteiger partial charge in [-0.15, -0.1) is 0 Å². The summed E-state index contributed by atoms with van der Waals surface area (Å²) in [7, 11) is 0. The number of aromatic nitrogens is 3. The molecule has 4 nitrogen and oxygen atoms in total. The lowest BCUT2D eigenvalue weighted by Crippen LogP contribution is -2.39. The molecule has 1 N–H and O–H groups in total. The van der Waals surface area contributed by atoms with Gasteiger partial charge in [0, 0.05) is 19.0 Å². The summed E-state index contributed by atoms with van der Waals surface area (Å²) in [5.41, 5.74) is 0. The van der Waals surface area contributed by atoms with Crippen molar-refractivity contribution in [2.75, 3.05) is 6.54 Å². The standard InChI is InChI=1S/C15H28N4/c1-4-8-16-14(12(3)13-6-7-13)10-15-17-11-18-19(15)9-5-2/h11-14,16H,4-10H2,1-3H3. The van der Waals surface area contributed by atoms with E-state index in [1.54, 1.807) is 6.33 Å². The molecule has 0 radical (unpaired) electrons. The van der Waals surface area contributed by atoms with Gasteiger partial charge in [-0.1, -0.05) is 20.8 Å². The highest BCUT2D eigenvalue weighted by atomic mass is 15.3. The molecule has 0 aliphatic heterocycles. The highest BCUT2D eigenvalue weighted by Gasteiger charge is 2.33. The molecule has 1 heterocycles. The summed E-state index contributed by atoms with van der Waals surface area (Å²) >= 11 is 0. The summed E-state index contributed by atoms with van der Waals surface area (Å²) < 4.78 is 2.07. The lowest BCUT2D eigenvalue weighted by molar-refractivity contribution is 0.330. The zero-order chi connectivity index (χ0) is 13.7. The maximum Gasteiger partial charge on any atom is 0.138 e. The minimum absolute atomic E-state index is 0.548. The van der Waals surface area contributed by atoms with Crippen LogP contribution in [0.5, 0.6) is 0 Å². The predicted octanol–water partition coefficient (Wildman–Crippen LogP) is 2.64. The van der Waals surface area contributed by atoms with Gasteiger partial charge in [0.05, 0.1) is 0 Å². The normalized spacial score (nSPS) is 18.5. The first-order valence-corrected chi connectivity index (χ1v) is 7.86. The second kappa shape index (κ2) is 7.04. The Morgan fingerprint density at radius 1 is 1.37 bits per heavy atom. The molecule has 0 amide bonds. The summed E-state index contributed by atoms with van der Waals surface area (Å²) in [6.07, 6.45) is 7.83. The number of hydrogen-bond donors (Lipinski definition) is 1. The Hall–Kier alpha value is -0.900. The van der Waals surface area contributed by atoms with E-state index in [0.717, 1.165) is 43.6 Å². The monoisotopic (exact) mass is 264 g/mol. The van der Waals surface area contributed by atoms with Crippen LogP contribution < -0.4 is 5.32 Å². The number of hydrogen-bond acceptors (Lipinski definition) is 3. The van der Waals surface area contributed by atoms with Crippen molar-refractivity contribution in [3.63, 3.8) is 0 Å². The van der Waals surface area contributed by atoms with Crippen molar-refractivity contribution in [1.82, 2.24) is 20.1 Å². The van der Waals surface area contributed by atoms with Gasteiger partial charge in [-0.05, 0) is 44.1 Å². The zero-order valence-electron chi connectivity index (χ0n) is 12.6. The van der Waals surface area contributed by atoms with Gasteiger partial charge in [-0.2, -0.15) is 5.10 Å². The first-order valence-electron chi connectivity index (χ1n) is 7.86. The average molecular weight is 264 g/mol. The van der Waals surface area contributed by atoms with Crippen LogP contribution in [0.4, 0.5) is 0 Å². The zero-order valence-corrected chi connectivity index (χ0v) is 12.6. The smallest absolute Gasteiger partial charge is 0.138 e. The van der Waals surface area contributed by atoms with Gasteiger partial charge >= 0.3 is 0 Å². The van der Waals surface area contributed by atoms with E-state index < -0.39 is 0 Å². The van der Waals surface area contributed by atoms with E-state index in [9.17, 15) is 0 Å². The van der Waals surface area contributed by atoms with E-state index in [0.29, 0.717) is 6.04 Å². The van der Waals surface area contributed by atoms with Crippen LogP contribution in [-0.2, 0) is 13.0 Å². The Bertz CT molecular complexity index is 370. The fraction of sp³-hybridized carbons (Fsp3) is 0.867. The van der Waals surface area contributed by atoms with Gasteiger partial charge < -0.3 is 5.32 Å². The van der Waals surface area contributed by atoms with E-state index in [4.69, 9.17) is 0 Å². The molecule has 2 rings (SSSR count). The molecule has 4 heteroatoms. The fourth-order valence-electron chi connectivity index (χ4n) is 2.77. The maximum absolute atomic E-state index is 4.46. The minimum atomic E-state index is 0.548. The van der Waals surface area contributed by atoms with Crippen LogP contribution in [0.2, 0.25) is 0 Å². The van der Waals surface area contributed by atoms with Gasteiger partial charge in [-0.25, -0.2) is 4.98 Å². The van der Waals surface area contributed by atoms with Gasteiger partial charge in [-0.3, -0.25) is 4.68 Å². The summed E-state index contributed by atoms with van der Waals surface area (Å²) in [6.45, 7) is 8.89. The molecule has 1 aliphatic carbocycles. The van der Waals surface area contributed by atoms with Crippen molar-refractivity contribution in [3.8, 4) is 0 Å². The summed E-state index contributed by atoms with van der Waals surface area (Å²) in [6, 6.07) is 0.548. The second-order valence-electron chi connectivity index (χ2n) is 5.86. The number of aryl methyl sites for hydroxylation is 1. The summed E-state index contributed by atoms with van der Waals surface area (Å²) in [4.78, 5) is 4.46.